The highest BCUT2D eigenvalue weighted by Gasteiger charge is 2.68. The van der Waals surface area contributed by atoms with E-state index in [1.165, 1.54) is 0 Å². The van der Waals surface area contributed by atoms with Crippen LogP contribution in [0.25, 0.3) is 11.1 Å². The van der Waals surface area contributed by atoms with E-state index in [1.807, 2.05) is 24.3 Å². The maximum Gasteiger partial charge on any atom is 0.481 e. The highest BCUT2D eigenvalue weighted by molar-refractivity contribution is 6.47. The van der Waals surface area contributed by atoms with Crippen LogP contribution in [0.3, 0.4) is 0 Å². The molecular formula is C36H47BN2O5. The summed E-state index contributed by atoms with van der Waals surface area (Å²) >= 11 is 0. The average Bonchev–Trinajstić information content (AvgIpc) is 3.51. The van der Waals surface area contributed by atoms with Gasteiger partial charge in [0.1, 0.15) is 5.78 Å². The Bertz CT molecular complexity index is 1400. The zero-order chi connectivity index (χ0) is 31.4. The van der Waals surface area contributed by atoms with Gasteiger partial charge in [0.25, 0.3) is 0 Å². The lowest BCUT2D eigenvalue weighted by molar-refractivity contribution is -0.199. The van der Waals surface area contributed by atoms with Crippen LogP contribution in [0.15, 0.2) is 48.5 Å². The first kappa shape index (κ1) is 31.0. The molecule has 0 spiro atoms. The molecule has 5 aliphatic rings. The maximum absolute atomic E-state index is 13.9. The number of benzene rings is 2. The second-order valence-electron chi connectivity index (χ2n) is 14.8. The Balaban J connectivity index is 1.17. The van der Waals surface area contributed by atoms with Gasteiger partial charge in [-0.05, 0) is 71.6 Å². The predicted molar refractivity (Wildman–Crippen MR) is 172 cm³/mol. The molecule has 2 bridgehead atoms. The number of ketones is 1. The summed E-state index contributed by atoms with van der Waals surface area (Å²) in [6.45, 7) is 11.1. The van der Waals surface area contributed by atoms with Crippen molar-refractivity contribution in [1.82, 2.24) is 10.6 Å². The minimum Gasteiger partial charge on any atom is -0.404 e. The van der Waals surface area contributed by atoms with Gasteiger partial charge in [-0.1, -0.05) is 76.2 Å². The van der Waals surface area contributed by atoms with Crippen molar-refractivity contribution in [3.63, 3.8) is 0 Å². The molecule has 0 aromatic heterocycles. The van der Waals surface area contributed by atoms with E-state index < -0.39 is 13.0 Å². The number of amides is 2. The van der Waals surface area contributed by atoms with Gasteiger partial charge in [0.15, 0.2) is 0 Å². The summed E-state index contributed by atoms with van der Waals surface area (Å²) in [6.07, 6.45) is 3.05. The lowest BCUT2D eigenvalue weighted by Gasteiger charge is -2.64. The molecule has 7 rings (SSSR count). The predicted octanol–water partition coefficient (Wildman–Crippen LogP) is 5.70. The van der Waals surface area contributed by atoms with Gasteiger partial charge in [-0.2, -0.15) is 0 Å². The molecule has 1 aliphatic heterocycles. The number of carbonyl (C=O) groups is 3. The number of hydrogen-bond acceptors (Lipinski definition) is 5. The third-order valence-electron chi connectivity index (χ3n) is 11.3. The Kier molecular flexibility index (Phi) is 8.29. The fourth-order valence-electron chi connectivity index (χ4n) is 8.77. The molecule has 6 atom stereocenters. The molecule has 2 aromatic carbocycles. The zero-order valence-corrected chi connectivity index (χ0v) is 27.0. The minimum atomic E-state index is -0.782. The van der Waals surface area contributed by atoms with E-state index in [0.717, 1.165) is 35.1 Å². The first-order valence-corrected chi connectivity index (χ1v) is 16.5. The first-order chi connectivity index (χ1) is 20.9. The van der Waals surface area contributed by atoms with E-state index in [2.05, 4.69) is 69.5 Å². The number of rotatable bonds is 11. The Morgan fingerprint density at radius 1 is 0.955 bits per heavy atom. The van der Waals surface area contributed by atoms with Gasteiger partial charge < -0.3 is 19.9 Å². The average molecular weight is 599 g/mol. The van der Waals surface area contributed by atoms with Crippen molar-refractivity contribution in [2.24, 2.45) is 29.1 Å². The van der Waals surface area contributed by atoms with Crippen LogP contribution in [0.4, 0.5) is 0 Å². The Hall–Kier alpha value is -2.97. The fourth-order valence-corrected chi connectivity index (χ4v) is 8.77. The fraction of sp³-hybridized carbons (Fsp3) is 0.583. The molecule has 7 nitrogen and oxygen atoms in total. The smallest absolute Gasteiger partial charge is 0.404 e. The van der Waals surface area contributed by atoms with E-state index in [0.29, 0.717) is 18.3 Å². The second kappa shape index (κ2) is 11.8. The van der Waals surface area contributed by atoms with Crippen LogP contribution in [-0.2, 0) is 23.7 Å². The molecule has 4 aliphatic carbocycles. The van der Waals surface area contributed by atoms with Crippen LogP contribution in [0.5, 0.6) is 0 Å². The number of fused-ring (bicyclic) bond motifs is 3. The Morgan fingerprint density at radius 3 is 2.18 bits per heavy atom. The molecule has 3 saturated carbocycles. The largest absolute Gasteiger partial charge is 0.481 e. The summed E-state index contributed by atoms with van der Waals surface area (Å²) in [7, 11) is 0.997. The highest BCUT2D eigenvalue weighted by Crippen LogP contribution is 2.65. The molecule has 8 heteroatoms. The Morgan fingerprint density at radius 2 is 1.59 bits per heavy atom. The quantitative estimate of drug-likeness (QED) is 0.324. The van der Waals surface area contributed by atoms with Gasteiger partial charge in [-0.25, -0.2) is 0 Å². The summed E-state index contributed by atoms with van der Waals surface area (Å²) in [5.74, 6) is -0.463. The van der Waals surface area contributed by atoms with Crippen LogP contribution in [-0.4, -0.2) is 49.4 Å². The summed E-state index contributed by atoms with van der Waals surface area (Å²) in [4.78, 5) is 40.2. The lowest BCUT2D eigenvalue weighted by Crippen LogP contribution is -2.65. The molecule has 1 heterocycles. The van der Waals surface area contributed by atoms with Crippen molar-refractivity contribution in [1.29, 1.82) is 0 Å². The highest BCUT2D eigenvalue weighted by atomic mass is 16.7. The number of nitrogens with one attached hydrogen (secondary N) is 2. The molecule has 1 saturated heterocycles. The first-order valence-electron chi connectivity index (χ1n) is 16.5. The van der Waals surface area contributed by atoms with Crippen molar-refractivity contribution < 1.29 is 23.7 Å². The van der Waals surface area contributed by atoms with E-state index in [-0.39, 0.29) is 71.8 Å². The lowest BCUT2D eigenvalue weighted by atomic mass is 9.43. The van der Waals surface area contributed by atoms with E-state index in [1.54, 1.807) is 7.05 Å². The van der Waals surface area contributed by atoms with Gasteiger partial charge in [-0.3, -0.25) is 14.4 Å². The topological polar surface area (TPSA) is 93.7 Å². The van der Waals surface area contributed by atoms with Crippen molar-refractivity contribution in [2.75, 3.05) is 7.05 Å². The molecule has 2 amide bonds. The molecule has 2 aromatic rings. The standard InChI is InChI=1S/C36H47BN2O5/c1-21(2)15-32(37-43-31-19-23-18-30(35(23,3)4)36(31,5)44-37)39-34(42)22(17-33(41)38-6)16-24(40)20-29-27-13-9-7-11-25(27)26-12-8-10-14-28(26)29/h7-14,21-23,29-32H,15-20H2,1-6H3,(H,38,41)(H,39,42)/t22-,23-,30-,31+,32-,36-/m0/s1. The van der Waals surface area contributed by atoms with Crippen molar-refractivity contribution >= 4 is 24.7 Å². The zero-order valence-electron chi connectivity index (χ0n) is 27.0. The Labute approximate surface area is 262 Å². The normalized spacial score (nSPS) is 27.5. The minimum absolute atomic E-state index is 0.000843. The summed E-state index contributed by atoms with van der Waals surface area (Å²) in [6, 6.07) is 16.4. The van der Waals surface area contributed by atoms with E-state index >= 15 is 0 Å². The maximum atomic E-state index is 13.9. The van der Waals surface area contributed by atoms with E-state index in [4.69, 9.17) is 9.31 Å². The number of Topliss-reactive ketones (excluding diaryl/α,β-unsaturated/α-hetero) is 1. The summed E-state index contributed by atoms with van der Waals surface area (Å²) < 4.78 is 13.3. The van der Waals surface area contributed by atoms with Crippen molar-refractivity contribution in [3.8, 4) is 11.1 Å². The molecule has 0 unspecified atom stereocenters. The monoisotopic (exact) mass is 598 g/mol. The van der Waals surface area contributed by atoms with Gasteiger partial charge >= 0.3 is 7.12 Å². The van der Waals surface area contributed by atoms with Crippen molar-refractivity contribution in [3.05, 3.63) is 59.7 Å². The molecule has 4 fully saturated rings. The van der Waals surface area contributed by atoms with Gasteiger partial charge in [-0.15, -0.1) is 0 Å². The van der Waals surface area contributed by atoms with Crippen LogP contribution < -0.4 is 10.6 Å². The molecule has 0 radical (unpaired) electrons. The van der Waals surface area contributed by atoms with E-state index in [9.17, 15) is 14.4 Å². The van der Waals surface area contributed by atoms with Gasteiger partial charge in [0.05, 0.1) is 23.6 Å². The van der Waals surface area contributed by atoms with Crippen LogP contribution in [0.1, 0.15) is 90.2 Å². The molecule has 44 heavy (non-hydrogen) atoms. The van der Waals surface area contributed by atoms with Crippen LogP contribution in [0, 0.1) is 29.1 Å². The van der Waals surface area contributed by atoms with Crippen molar-refractivity contribution in [2.45, 2.75) is 96.7 Å². The third kappa shape index (κ3) is 5.42. The molecule has 2 N–H and O–H groups in total. The van der Waals surface area contributed by atoms with Crippen LogP contribution in [0.2, 0.25) is 0 Å². The third-order valence-corrected chi connectivity index (χ3v) is 11.3. The molecule has 234 valence electrons. The summed E-state index contributed by atoms with van der Waals surface area (Å²) in [5, 5.41) is 5.84. The van der Waals surface area contributed by atoms with Crippen LogP contribution >= 0.6 is 0 Å². The SMILES string of the molecule is CNC(=O)C[C@H](CC(=O)CC1c2ccccc2-c2ccccc21)C(=O)N[C@@H](CC(C)C)B1O[C@@H]2C[C@@H]3C[C@@H](C3(C)C)[C@]2(C)O1. The van der Waals surface area contributed by atoms with Gasteiger partial charge in [0.2, 0.25) is 11.8 Å². The van der Waals surface area contributed by atoms with Gasteiger partial charge in [0, 0.05) is 32.2 Å². The second-order valence-corrected chi connectivity index (χ2v) is 14.8. The molecular weight excluding hydrogens is 551 g/mol. The summed E-state index contributed by atoms with van der Waals surface area (Å²) in [5.41, 5.74) is 4.43. The number of carbonyl (C=O) groups excluding carboxylic acids is 3. The number of hydrogen-bond donors (Lipinski definition) is 2.